The molecular formula is C54H66N10O7S. The lowest BCUT2D eigenvalue weighted by atomic mass is 9.59. The Balaban J connectivity index is 0.833. The van der Waals surface area contributed by atoms with E-state index in [0.717, 1.165) is 94.9 Å². The number of fused-ring (bicyclic) bond motifs is 1. The van der Waals surface area contributed by atoms with Gasteiger partial charge in [0.25, 0.3) is 21.6 Å². The summed E-state index contributed by atoms with van der Waals surface area (Å²) in [6.45, 7) is 12.3. The average Bonchev–Trinajstić information content (AvgIpc) is 4.00. The van der Waals surface area contributed by atoms with Gasteiger partial charge in [-0.05, 0) is 123 Å². The Morgan fingerprint density at radius 2 is 1.76 bits per heavy atom. The maximum Gasteiger partial charge on any atom is 0.293 e. The first-order chi connectivity index (χ1) is 34.5. The number of carbonyl (C=O) groups is 1. The van der Waals surface area contributed by atoms with Crippen LogP contribution in [-0.4, -0.2) is 105 Å². The molecule has 1 atom stereocenters. The third kappa shape index (κ3) is 10.6. The minimum atomic E-state index is -4.58. The van der Waals surface area contributed by atoms with Crippen LogP contribution in [0.1, 0.15) is 111 Å². The Hall–Kier alpha value is -6.34. The monoisotopic (exact) mass is 998 g/mol. The third-order valence-corrected chi connectivity index (χ3v) is 17.3. The predicted octanol–water partition coefficient (Wildman–Crippen LogP) is 8.90. The highest BCUT2D eigenvalue weighted by atomic mass is 32.2. The van der Waals surface area contributed by atoms with Gasteiger partial charge in [-0.3, -0.25) is 29.4 Å². The highest BCUT2D eigenvalue weighted by Gasteiger charge is 2.50. The van der Waals surface area contributed by atoms with Gasteiger partial charge in [0.15, 0.2) is 0 Å². The van der Waals surface area contributed by atoms with Crippen molar-refractivity contribution in [2.75, 3.05) is 49.5 Å². The SMILES string of the molecule is CC(C)c1ccccc1[C@H]1CN(Cc2cnn(C)c2)CCN1C1CC2(CCN(c3ccc(C(=O)NS(=O)(=O)c4ccc(NC[C@H]5CC[C@](C)(O)CC5)c([N+](=O)[O-])c4)c(Oc4cnc5[nH]ccc5c4)c3)CC2)C1. The number of carbonyl (C=O) groups excluding carboxylic acids is 1. The van der Waals surface area contributed by atoms with Crippen LogP contribution in [0.4, 0.5) is 17.1 Å². The lowest BCUT2D eigenvalue weighted by Gasteiger charge is -2.58. The van der Waals surface area contributed by atoms with E-state index < -0.39 is 37.0 Å². The Morgan fingerprint density at radius 3 is 2.50 bits per heavy atom. The fourth-order valence-electron chi connectivity index (χ4n) is 11.7. The molecule has 3 aromatic heterocycles. The van der Waals surface area contributed by atoms with Crippen LogP contribution in [0.15, 0.2) is 102 Å². The van der Waals surface area contributed by atoms with Crippen molar-refractivity contribution in [3.8, 4) is 11.5 Å². The molecule has 18 heteroatoms. The van der Waals surface area contributed by atoms with E-state index in [0.29, 0.717) is 48.8 Å². The molecule has 3 aromatic carbocycles. The Kier molecular flexibility index (Phi) is 13.6. The molecule has 4 aliphatic rings. The summed E-state index contributed by atoms with van der Waals surface area (Å²) in [4.78, 5) is 40.5. The van der Waals surface area contributed by atoms with Crippen molar-refractivity contribution in [1.82, 2.24) is 34.3 Å². The van der Waals surface area contributed by atoms with Crippen LogP contribution >= 0.6 is 0 Å². The maximum atomic E-state index is 14.1. The number of sulfonamides is 1. The molecule has 2 saturated heterocycles. The van der Waals surface area contributed by atoms with Gasteiger partial charge in [-0.25, -0.2) is 18.1 Å². The molecule has 2 aliphatic heterocycles. The van der Waals surface area contributed by atoms with Crippen LogP contribution in [0.3, 0.4) is 0 Å². The number of benzene rings is 3. The minimum Gasteiger partial charge on any atom is -0.455 e. The zero-order chi connectivity index (χ0) is 50.4. The van der Waals surface area contributed by atoms with Gasteiger partial charge in [0.05, 0.1) is 33.4 Å². The number of nitrogens with zero attached hydrogens (tertiary/aromatic N) is 7. The first-order valence-corrected chi connectivity index (χ1v) is 26.8. The highest BCUT2D eigenvalue weighted by Crippen LogP contribution is 2.53. The number of anilines is 2. The van der Waals surface area contributed by atoms with Crippen LogP contribution in [0.2, 0.25) is 0 Å². The van der Waals surface area contributed by atoms with E-state index in [9.17, 15) is 28.4 Å². The number of amides is 1. The number of piperidine rings is 1. The number of nitro groups is 1. The first kappa shape index (κ1) is 49.2. The summed E-state index contributed by atoms with van der Waals surface area (Å²) in [6, 6.07) is 22.2. The minimum absolute atomic E-state index is 0.0276. The van der Waals surface area contributed by atoms with E-state index in [2.05, 4.69) is 84.1 Å². The molecule has 72 heavy (non-hydrogen) atoms. The number of aryl methyl sites for hydroxylation is 1. The zero-order valence-corrected chi connectivity index (χ0v) is 42.4. The lowest BCUT2D eigenvalue weighted by Crippen LogP contribution is -2.60. The third-order valence-electron chi connectivity index (χ3n) is 15.9. The summed E-state index contributed by atoms with van der Waals surface area (Å²) >= 11 is 0. The summed E-state index contributed by atoms with van der Waals surface area (Å²) in [5.41, 5.74) is 4.84. The molecule has 2 aliphatic carbocycles. The second-order valence-electron chi connectivity index (χ2n) is 21.4. The maximum absolute atomic E-state index is 14.1. The summed E-state index contributed by atoms with van der Waals surface area (Å²) in [7, 11) is -2.61. The lowest BCUT2D eigenvalue weighted by molar-refractivity contribution is -0.384. The topological polar surface area (TPSA) is 204 Å². The molecular weight excluding hydrogens is 933 g/mol. The molecule has 1 amide bonds. The molecule has 0 bridgehead atoms. The van der Waals surface area contributed by atoms with Gasteiger partial charge in [-0.1, -0.05) is 38.1 Å². The largest absolute Gasteiger partial charge is 0.455 e. The molecule has 4 N–H and O–H groups in total. The van der Waals surface area contributed by atoms with Gasteiger partial charge in [-0.2, -0.15) is 5.10 Å². The quantitative estimate of drug-likeness (QED) is 0.0561. The number of aliphatic hydroxyl groups is 1. The van der Waals surface area contributed by atoms with Gasteiger partial charge in [0, 0.05) is 106 Å². The molecule has 4 fully saturated rings. The fraction of sp³-hybridized carbons (Fsp3) is 0.463. The van der Waals surface area contributed by atoms with Crippen molar-refractivity contribution in [3.05, 3.63) is 130 Å². The van der Waals surface area contributed by atoms with Crippen molar-refractivity contribution >= 4 is 44.0 Å². The standard InChI is InChI=1S/C54H66N10O7S/c1-36(2)44-7-5-6-8-45(44)49-35-61(34-38-31-58-60(4)33-38)23-24-63(49)41-28-54(29-41)18-21-62(22-19-54)40-9-11-46(50(26-40)71-42-25-39-15-20-55-51(39)57-32-42)52(65)59-72(69,70)43-10-12-47(48(27-43)64(67)68)56-30-37-13-16-53(3,66)17-14-37/h5-12,15,20,25-27,31-33,36-37,41,49,56,66H,13-14,16-19,21-24,28-30,34-35H2,1-4H3,(H,55,57)(H,59,65)/t37-,49-,53-/m1/s1. The Labute approximate surface area is 421 Å². The van der Waals surface area contributed by atoms with Crippen LogP contribution in [0, 0.1) is 21.4 Å². The van der Waals surface area contributed by atoms with Crippen molar-refractivity contribution in [1.29, 1.82) is 0 Å². The molecule has 17 nitrogen and oxygen atoms in total. The van der Waals surface area contributed by atoms with E-state index in [4.69, 9.17) is 4.74 Å². The number of hydrogen-bond acceptors (Lipinski definition) is 13. The molecule has 0 unspecified atom stereocenters. The van der Waals surface area contributed by atoms with Crippen molar-refractivity contribution in [2.24, 2.45) is 18.4 Å². The summed E-state index contributed by atoms with van der Waals surface area (Å²) in [5, 5.41) is 30.9. The van der Waals surface area contributed by atoms with E-state index in [-0.39, 0.29) is 28.3 Å². The van der Waals surface area contributed by atoms with E-state index in [1.165, 1.54) is 28.8 Å². The molecule has 2 saturated carbocycles. The number of pyridine rings is 1. The zero-order valence-electron chi connectivity index (χ0n) is 41.6. The second kappa shape index (κ2) is 19.9. The van der Waals surface area contributed by atoms with Gasteiger partial charge < -0.3 is 25.0 Å². The van der Waals surface area contributed by atoms with E-state index in [1.807, 2.05) is 37.0 Å². The Bertz CT molecular complexity index is 3050. The van der Waals surface area contributed by atoms with E-state index >= 15 is 0 Å². The Morgan fingerprint density at radius 1 is 0.986 bits per heavy atom. The van der Waals surface area contributed by atoms with Crippen molar-refractivity contribution in [3.63, 3.8) is 0 Å². The molecule has 0 radical (unpaired) electrons. The van der Waals surface area contributed by atoms with Crippen LogP contribution in [0.5, 0.6) is 11.5 Å². The highest BCUT2D eigenvalue weighted by molar-refractivity contribution is 7.90. The summed E-state index contributed by atoms with van der Waals surface area (Å²) in [6.07, 6.45) is 14.5. The molecule has 10 rings (SSSR count). The molecule has 6 aromatic rings. The summed E-state index contributed by atoms with van der Waals surface area (Å²) in [5.74, 6) is 0.180. The van der Waals surface area contributed by atoms with Crippen LogP contribution in [0.25, 0.3) is 11.0 Å². The van der Waals surface area contributed by atoms with Gasteiger partial charge >= 0.3 is 0 Å². The number of ether oxygens (including phenoxy) is 1. The van der Waals surface area contributed by atoms with Crippen LogP contribution in [-0.2, 0) is 23.6 Å². The average molecular weight is 999 g/mol. The number of rotatable bonds is 15. The van der Waals surface area contributed by atoms with Gasteiger partial charge in [-0.15, -0.1) is 0 Å². The van der Waals surface area contributed by atoms with Crippen molar-refractivity contribution < 1.29 is 28.0 Å². The number of nitro benzene ring substituents is 1. The smallest absolute Gasteiger partial charge is 0.293 e. The first-order valence-electron chi connectivity index (χ1n) is 25.4. The predicted molar refractivity (Wildman–Crippen MR) is 277 cm³/mol. The normalized spacial score (nSPS) is 22.0. The summed E-state index contributed by atoms with van der Waals surface area (Å²) < 4.78 is 38.1. The van der Waals surface area contributed by atoms with E-state index in [1.54, 1.807) is 30.6 Å². The number of nitrogens with one attached hydrogen (secondary N) is 3. The molecule has 380 valence electrons. The van der Waals surface area contributed by atoms with Gasteiger partial charge in [0.1, 0.15) is 22.8 Å². The van der Waals surface area contributed by atoms with Crippen LogP contribution < -0.4 is 19.7 Å². The molecule has 1 spiro atoms. The molecule has 5 heterocycles. The number of piperazine rings is 1. The number of aromatic nitrogens is 4. The van der Waals surface area contributed by atoms with Gasteiger partial charge in [0.2, 0.25) is 0 Å². The fourth-order valence-corrected chi connectivity index (χ4v) is 12.7. The number of aromatic amines is 1. The number of hydrogen-bond donors (Lipinski definition) is 4. The second-order valence-corrected chi connectivity index (χ2v) is 23.1. The number of H-pyrrole nitrogens is 1. The van der Waals surface area contributed by atoms with Crippen molar-refractivity contribution in [2.45, 2.75) is 107 Å².